The van der Waals surface area contributed by atoms with Crippen molar-refractivity contribution >= 4 is 30.0 Å². The molecule has 0 heterocycles. The molecule has 0 unspecified atom stereocenters. The van der Waals surface area contributed by atoms with Crippen LogP contribution in [0.2, 0.25) is 5.02 Å². The van der Waals surface area contributed by atoms with Gasteiger partial charge in [-0.1, -0.05) is 37.6 Å². The topological polar surface area (TPSA) is 26.3 Å². The Hall–Kier alpha value is -0.670. The van der Waals surface area contributed by atoms with Crippen LogP contribution in [0.5, 0.6) is 5.75 Å². The summed E-state index contributed by atoms with van der Waals surface area (Å²) in [7, 11) is 0. The SMILES string of the molecule is CC(C)C(=O)CCCCc1cccc(OCS)c1Cl. The molecule has 0 bridgehead atoms. The van der Waals surface area contributed by atoms with Crippen molar-refractivity contribution < 1.29 is 9.53 Å². The Morgan fingerprint density at radius 1 is 1.37 bits per heavy atom. The maximum atomic E-state index is 11.5. The fraction of sp³-hybridized carbons (Fsp3) is 0.533. The van der Waals surface area contributed by atoms with Crippen LogP contribution in [0.4, 0.5) is 0 Å². The zero-order valence-electron chi connectivity index (χ0n) is 11.5. The van der Waals surface area contributed by atoms with E-state index in [-0.39, 0.29) is 5.92 Å². The van der Waals surface area contributed by atoms with Crippen LogP contribution in [0.15, 0.2) is 18.2 Å². The number of rotatable bonds is 8. The van der Waals surface area contributed by atoms with Crippen molar-refractivity contribution in [3.63, 3.8) is 0 Å². The Labute approximate surface area is 125 Å². The average Bonchev–Trinajstić information content (AvgIpc) is 2.38. The molecule has 1 aromatic rings. The summed E-state index contributed by atoms with van der Waals surface area (Å²) in [6, 6.07) is 5.77. The molecule has 0 fully saturated rings. The molecule has 0 aromatic heterocycles. The molecule has 0 aliphatic heterocycles. The van der Waals surface area contributed by atoms with E-state index in [0.717, 1.165) is 24.8 Å². The number of ether oxygens (including phenoxy) is 1. The molecule has 0 saturated carbocycles. The Kier molecular flexibility index (Phi) is 7.32. The second kappa shape index (κ2) is 8.49. The summed E-state index contributed by atoms with van der Waals surface area (Å²) < 4.78 is 5.33. The highest BCUT2D eigenvalue weighted by Gasteiger charge is 2.09. The van der Waals surface area contributed by atoms with E-state index in [1.54, 1.807) is 0 Å². The third kappa shape index (κ3) is 5.45. The highest BCUT2D eigenvalue weighted by Crippen LogP contribution is 2.29. The lowest BCUT2D eigenvalue weighted by Crippen LogP contribution is -2.06. The number of ketones is 1. The minimum atomic E-state index is 0.135. The predicted octanol–water partition coefficient (Wildman–Crippen LogP) is 4.54. The molecule has 0 aliphatic rings. The summed E-state index contributed by atoms with van der Waals surface area (Å²) in [5.74, 6) is 1.45. The highest BCUT2D eigenvalue weighted by molar-refractivity contribution is 7.80. The number of hydrogen-bond donors (Lipinski definition) is 1. The van der Waals surface area contributed by atoms with E-state index in [4.69, 9.17) is 16.3 Å². The van der Waals surface area contributed by atoms with E-state index in [9.17, 15) is 4.79 Å². The Morgan fingerprint density at radius 3 is 2.74 bits per heavy atom. The normalized spacial score (nSPS) is 10.8. The van der Waals surface area contributed by atoms with Gasteiger partial charge in [-0.05, 0) is 30.9 Å². The summed E-state index contributed by atoms with van der Waals surface area (Å²) in [5.41, 5.74) is 1.07. The van der Waals surface area contributed by atoms with Gasteiger partial charge in [0.15, 0.2) is 0 Å². The van der Waals surface area contributed by atoms with E-state index in [1.807, 2.05) is 32.0 Å². The quantitative estimate of drug-likeness (QED) is 0.433. The molecule has 4 heteroatoms. The monoisotopic (exact) mass is 300 g/mol. The summed E-state index contributed by atoms with van der Waals surface area (Å²) in [5, 5.41) is 0.659. The number of aryl methyl sites for hydroxylation is 1. The molecule has 0 radical (unpaired) electrons. The van der Waals surface area contributed by atoms with E-state index in [1.165, 1.54) is 0 Å². The lowest BCUT2D eigenvalue weighted by atomic mass is 10.0. The first-order valence-corrected chi connectivity index (χ1v) is 7.61. The van der Waals surface area contributed by atoms with Crippen molar-refractivity contribution in [2.24, 2.45) is 5.92 Å². The molecule has 1 aromatic carbocycles. The average molecular weight is 301 g/mol. The summed E-state index contributed by atoms with van der Waals surface area (Å²) in [6.45, 7) is 3.88. The van der Waals surface area contributed by atoms with Gasteiger partial charge in [0.25, 0.3) is 0 Å². The number of benzene rings is 1. The van der Waals surface area contributed by atoms with Gasteiger partial charge in [-0.2, -0.15) is 0 Å². The fourth-order valence-corrected chi connectivity index (χ4v) is 2.25. The van der Waals surface area contributed by atoms with Crippen molar-refractivity contribution in [2.75, 3.05) is 5.94 Å². The molecule has 106 valence electrons. The van der Waals surface area contributed by atoms with Gasteiger partial charge in [-0.3, -0.25) is 4.79 Å². The van der Waals surface area contributed by atoms with Crippen LogP contribution in [0.25, 0.3) is 0 Å². The van der Waals surface area contributed by atoms with Crippen LogP contribution in [0, 0.1) is 5.92 Å². The Bertz CT molecular complexity index is 419. The van der Waals surface area contributed by atoms with Gasteiger partial charge < -0.3 is 4.74 Å². The first kappa shape index (κ1) is 16.4. The summed E-state index contributed by atoms with van der Waals surface area (Å²) in [6.07, 6.45) is 3.39. The number of unbranched alkanes of at least 4 members (excludes halogenated alkanes) is 1. The molecule has 0 spiro atoms. The van der Waals surface area contributed by atoms with Gasteiger partial charge in [0, 0.05) is 12.3 Å². The fourth-order valence-electron chi connectivity index (χ4n) is 1.83. The maximum Gasteiger partial charge on any atom is 0.139 e. The third-order valence-corrected chi connectivity index (χ3v) is 3.58. The van der Waals surface area contributed by atoms with Gasteiger partial charge >= 0.3 is 0 Å². The first-order valence-electron chi connectivity index (χ1n) is 6.60. The number of thiol groups is 1. The molecule has 0 saturated heterocycles. The van der Waals surface area contributed by atoms with Crippen molar-refractivity contribution in [1.82, 2.24) is 0 Å². The van der Waals surface area contributed by atoms with Crippen LogP contribution < -0.4 is 4.74 Å². The van der Waals surface area contributed by atoms with E-state index in [0.29, 0.717) is 28.9 Å². The molecule has 0 amide bonds. The molecule has 1 rings (SSSR count). The van der Waals surface area contributed by atoms with Crippen LogP contribution in [-0.2, 0) is 11.2 Å². The molecule has 19 heavy (non-hydrogen) atoms. The molecule has 0 atom stereocenters. The largest absolute Gasteiger partial charge is 0.482 e. The van der Waals surface area contributed by atoms with Crippen LogP contribution in [-0.4, -0.2) is 11.7 Å². The Morgan fingerprint density at radius 2 is 2.11 bits per heavy atom. The number of carbonyl (C=O) groups is 1. The minimum absolute atomic E-state index is 0.135. The van der Waals surface area contributed by atoms with E-state index in [2.05, 4.69) is 12.6 Å². The van der Waals surface area contributed by atoms with Crippen molar-refractivity contribution in [3.05, 3.63) is 28.8 Å². The first-order chi connectivity index (χ1) is 9.06. The number of carbonyl (C=O) groups excluding carboxylic acids is 1. The smallest absolute Gasteiger partial charge is 0.139 e. The standard InChI is InChI=1S/C15H21ClO2S/c1-11(2)13(17)8-4-3-6-12-7-5-9-14(15(12)16)18-10-19/h5,7,9,11,19H,3-4,6,8,10H2,1-2H3. The second-order valence-electron chi connectivity index (χ2n) is 4.83. The van der Waals surface area contributed by atoms with Crippen molar-refractivity contribution in [1.29, 1.82) is 0 Å². The number of hydrogen-bond acceptors (Lipinski definition) is 3. The predicted molar refractivity (Wildman–Crippen MR) is 83.3 cm³/mol. The Balaban J connectivity index is 2.45. The van der Waals surface area contributed by atoms with Gasteiger partial charge in [0.1, 0.15) is 17.5 Å². The second-order valence-corrected chi connectivity index (χ2v) is 5.47. The molecule has 0 N–H and O–H groups in total. The lowest BCUT2D eigenvalue weighted by molar-refractivity contribution is -0.122. The van der Waals surface area contributed by atoms with Crippen LogP contribution in [0.3, 0.4) is 0 Å². The van der Waals surface area contributed by atoms with E-state index < -0.39 is 0 Å². The van der Waals surface area contributed by atoms with Crippen LogP contribution in [0.1, 0.15) is 38.7 Å². The van der Waals surface area contributed by atoms with Crippen molar-refractivity contribution in [2.45, 2.75) is 39.5 Å². The minimum Gasteiger partial charge on any atom is -0.482 e. The number of Topliss-reactive ketones (excluding diaryl/α,β-unsaturated/α-hetero) is 1. The summed E-state index contributed by atoms with van der Waals surface area (Å²) >= 11 is 10.3. The van der Waals surface area contributed by atoms with Gasteiger partial charge in [-0.25, -0.2) is 0 Å². The molecule has 2 nitrogen and oxygen atoms in total. The highest BCUT2D eigenvalue weighted by atomic mass is 35.5. The molecular weight excluding hydrogens is 280 g/mol. The van der Waals surface area contributed by atoms with Gasteiger partial charge in [0.2, 0.25) is 0 Å². The maximum absolute atomic E-state index is 11.5. The van der Waals surface area contributed by atoms with Gasteiger partial charge in [-0.15, -0.1) is 12.6 Å². The number of halogens is 1. The van der Waals surface area contributed by atoms with E-state index >= 15 is 0 Å². The van der Waals surface area contributed by atoms with Crippen molar-refractivity contribution in [3.8, 4) is 5.75 Å². The molecule has 0 aliphatic carbocycles. The zero-order valence-corrected chi connectivity index (χ0v) is 13.1. The third-order valence-electron chi connectivity index (χ3n) is 3.03. The van der Waals surface area contributed by atoms with Crippen LogP contribution >= 0.6 is 24.2 Å². The summed E-state index contributed by atoms with van der Waals surface area (Å²) in [4.78, 5) is 11.5. The lowest BCUT2D eigenvalue weighted by Gasteiger charge is -2.09. The molecular formula is C15H21ClO2S. The van der Waals surface area contributed by atoms with Gasteiger partial charge in [0.05, 0.1) is 5.02 Å². The zero-order chi connectivity index (χ0) is 14.3.